The number of aromatic hydroxyl groups is 2. The highest BCUT2D eigenvalue weighted by atomic mass is 35.5. The molecule has 0 atom stereocenters. The summed E-state index contributed by atoms with van der Waals surface area (Å²) in [5.41, 5.74) is 0.849. The van der Waals surface area contributed by atoms with Gasteiger partial charge >= 0.3 is 0 Å². The van der Waals surface area contributed by atoms with Crippen molar-refractivity contribution in [1.82, 2.24) is 5.32 Å². The molecule has 4 nitrogen and oxygen atoms in total. The summed E-state index contributed by atoms with van der Waals surface area (Å²) in [6.45, 7) is 0.292. The molecule has 1 aliphatic rings. The maximum absolute atomic E-state index is 11.1. The quantitative estimate of drug-likeness (QED) is 0.546. The van der Waals surface area contributed by atoms with Gasteiger partial charge in [0.1, 0.15) is 0 Å². The maximum atomic E-state index is 11.1. The molecule has 0 saturated carbocycles. The molecule has 0 unspecified atom stereocenters. The van der Waals surface area contributed by atoms with E-state index < -0.39 is 0 Å². The van der Waals surface area contributed by atoms with E-state index in [9.17, 15) is 9.90 Å². The average molecular weight is 200 g/mol. The normalized spacial score (nSPS) is 14.1. The van der Waals surface area contributed by atoms with E-state index in [1.54, 1.807) is 0 Å². The molecule has 0 bridgehead atoms. The van der Waals surface area contributed by atoms with Crippen molar-refractivity contribution in [1.29, 1.82) is 0 Å². The van der Waals surface area contributed by atoms with Gasteiger partial charge in [0, 0.05) is 17.7 Å². The largest absolute Gasteiger partial charge is 0.504 e. The minimum atomic E-state index is -0.378. The molecular weight excluding hydrogens is 194 g/mol. The number of hydrogen-bond donors (Lipinski definition) is 3. The minimum Gasteiger partial charge on any atom is -0.504 e. The lowest BCUT2D eigenvalue weighted by Gasteiger charge is -2.03. The fraction of sp³-hybridized carbons (Fsp3) is 0.125. The van der Waals surface area contributed by atoms with Crippen LogP contribution in [-0.4, -0.2) is 16.1 Å². The highest BCUT2D eigenvalue weighted by Crippen LogP contribution is 2.39. The molecule has 1 amide bonds. The van der Waals surface area contributed by atoms with Crippen LogP contribution in [-0.2, 0) is 6.54 Å². The zero-order valence-corrected chi connectivity index (χ0v) is 7.22. The lowest BCUT2D eigenvalue weighted by molar-refractivity contribution is 0.0965. The van der Waals surface area contributed by atoms with Crippen LogP contribution in [0.15, 0.2) is 6.07 Å². The molecule has 0 radical (unpaired) electrons. The highest BCUT2D eigenvalue weighted by molar-refractivity contribution is 6.33. The van der Waals surface area contributed by atoms with E-state index in [4.69, 9.17) is 16.7 Å². The second-order valence-electron chi connectivity index (χ2n) is 2.77. The molecule has 3 N–H and O–H groups in total. The Labute approximate surface area is 78.8 Å². The Morgan fingerprint density at radius 1 is 1.46 bits per heavy atom. The van der Waals surface area contributed by atoms with E-state index in [1.165, 1.54) is 6.07 Å². The summed E-state index contributed by atoms with van der Waals surface area (Å²) in [6, 6.07) is 1.21. The molecule has 0 aromatic heterocycles. The molecule has 0 fully saturated rings. The number of hydrogen-bond acceptors (Lipinski definition) is 3. The van der Waals surface area contributed by atoms with Crippen molar-refractivity contribution in [3.63, 3.8) is 0 Å². The summed E-state index contributed by atoms with van der Waals surface area (Å²) in [6.07, 6.45) is 0. The Kier molecular flexibility index (Phi) is 1.60. The van der Waals surface area contributed by atoms with E-state index in [2.05, 4.69) is 5.32 Å². The number of phenolic OH excluding ortho intramolecular Hbond substituents is 2. The Balaban J connectivity index is 2.74. The predicted octanol–water partition coefficient (Wildman–Crippen LogP) is 0.995. The number of halogens is 1. The lowest BCUT2D eigenvalue weighted by atomic mass is 10.1. The first-order chi connectivity index (χ1) is 6.11. The molecule has 0 spiro atoms. The van der Waals surface area contributed by atoms with Crippen LogP contribution in [0.25, 0.3) is 0 Å². The number of carbonyl (C=O) groups excluding carboxylic acids is 1. The Morgan fingerprint density at radius 2 is 2.15 bits per heavy atom. The Bertz CT molecular complexity index is 403. The predicted molar refractivity (Wildman–Crippen MR) is 46.0 cm³/mol. The smallest absolute Gasteiger partial charge is 0.252 e. The van der Waals surface area contributed by atoms with Crippen LogP contribution in [0.5, 0.6) is 11.5 Å². The monoisotopic (exact) mass is 199 g/mol. The van der Waals surface area contributed by atoms with Crippen molar-refractivity contribution in [3.8, 4) is 11.5 Å². The maximum Gasteiger partial charge on any atom is 0.252 e. The van der Waals surface area contributed by atoms with Crippen LogP contribution in [0.3, 0.4) is 0 Å². The standard InChI is InChI=1S/C8H6ClNO3/c9-6-4-2-10-8(13)3(4)1-5(11)7(6)12/h1,11-12H,2H2,(H,10,13). The SMILES string of the molecule is O=C1NCc2c1cc(O)c(O)c2Cl. The third-order valence-corrected chi connectivity index (χ3v) is 2.40. The average Bonchev–Trinajstić information content (AvgIpc) is 2.45. The summed E-state index contributed by atoms with van der Waals surface area (Å²) in [7, 11) is 0. The molecule has 1 heterocycles. The van der Waals surface area contributed by atoms with Gasteiger partial charge in [0.15, 0.2) is 11.5 Å². The van der Waals surface area contributed by atoms with E-state index in [-0.39, 0.29) is 22.4 Å². The van der Waals surface area contributed by atoms with E-state index in [1.807, 2.05) is 0 Å². The molecule has 1 aliphatic heterocycles. The van der Waals surface area contributed by atoms with Crippen LogP contribution < -0.4 is 5.32 Å². The number of fused-ring (bicyclic) bond motifs is 1. The first-order valence-electron chi connectivity index (χ1n) is 3.62. The number of benzene rings is 1. The lowest BCUT2D eigenvalue weighted by Crippen LogP contribution is -2.12. The van der Waals surface area contributed by atoms with Gasteiger partial charge in [0.2, 0.25) is 0 Å². The second-order valence-corrected chi connectivity index (χ2v) is 3.15. The summed E-state index contributed by atoms with van der Waals surface area (Å²) in [5.74, 6) is -1.04. The molecule has 68 valence electrons. The van der Waals surface area contributed by atoms with Gasteiger partial charge in [0.25, 0.3) is 5.91 Å². The molecule has 1 aromatic carbocycles. The number of rotatable bonds is 0. The van der Waals surface area contributed by atoms with Gasteiger partial charge in [-0.3, -0.25) is 4.79 Å². The fourth-order valence-electron chi connectivity index (χ4n) is 1.31. The van der Waals surface area contributed by atoms with Crippen LogP contribution in [0.1, 0.15) is 15.9 Å². The van der Waals surface area contributed by atoms with Crippen molar-refractivity contribution in [2.24, 2.45) is 0 Å². The van der Waals surface area contributed by atoms with Crippen LogP contribution in [0.2, 0.25) is 5.02 Å². The van der Waals surface area contributed by atoms with Crippen molar-refractivity contribution >= 4 is 17.5 Å². The van der Waals surface area contributed by atoms with Crippen molar-refractivity contribution in [2.45, 2.75) is 6.54 Å². The van der Waals surface area contributed by atoms with Gasteiger partial charge in [-0.1, -0.05) is 11.6 Å². The summed E-state index contributed by atoms with van der Waals surface area (Å²) in [5, 5.41) is 21.0. The van der Waals surface area contributed by atoms with Gasteiger partial charge < -0.3 is 15.5 Å². The van der Waals surface area contributed by atoms with Crippen molar-refractivity contribution in [2.75, 3.05) is 0 Å². The number of phenols is 2. The van der Waals surface area contributed by atoms with Gasteiger partial charge in [-0.25, -0.2) is 0 Å². The van der Waals surface area contributed by atoms with Crippen LogP contribution >= 0.6 is 11.6 Å². The molecule has 13 heavy (non-hydrogen) atoms. The first kappa shape index (κ1) is 8.19. The highest BCUT2D eigenvalue weighted by Gasteiger charge is 2.25. The van der Waals surface area contributed by atoms with E-state index in [0.29, 0.717) is 17.7 Å². The van der Waals surface area contributed by atoms with Gasteiger partial charge in [-0.05, 0) is 6.07 Å². The van der Waals surface area contributed by atoms with Crippen LogP contribution in [0, 0.1) is 0 Å². The first-order valence-corrected chi connectivity index (χ1v) is 4.00. The summed E-state index contributed by atoms with van der Waals surface area (Å²) < 4.78 is 0. The number of carbonyl (C=O) groups is 1. The molecule has 5 heteroatoms. The zero-order chi connectivity index (χ0) is 9.59. The molecule has 2 rings (SSSR count). The fourth-order valence-corrected chi connectivity index (χ4v) is 1.57. The zero-order valence-electron chi connectivity index (χ0n) is 6.47. The van der Waals surface area contributed by atoms with Gasteiger partial charge in [0.05, 0.1) is 5.02 Å². The Hall–Kier alpha value is -1.42. The molecule has 0 aliphatic carbocycles. The van der Waals surface area contributed by atoms with Crippen molar-refractivity contribution < 1.29 is 15.0 Å². The summed E-state index contributed by atoms with van der Waals surface area (Å²) >= 11 is 5.71. The molecule has 1 aromatic rings. The summed E-state index contributed by atoms with van der Waals surface area (Å²) in [4.78, 5) is 11.1. The van der Waals surface area contributed by atoms with Crippen molar-refractivity contribution in [3.05, 3.63) is 22.2 Å². The topological polar surface area (TPSA) is 69.6 Å². The van der Waals surface area contributed by atoms with E-state index >= 15 is 0 Å². The third-order valence-electron chi connectivity index (χ3n) is 1.99. The van der Waals surface area contributed by atoms with Gasteiger partial charge in [-0.2, -0.15) is 0 Å². The molecular formula is C8H6ClNO3. The molecule has 0 saturated heterocycles. The Morgan fingerprint density at radius 3 is 2.85 bits per heavy atom. The second kappa shape index (κ2) is 2.53. The van der Waals surface area contributed by atoms with Crippen LogP contribution in [0.4, 0.5) is 0 Å². The third kappa shape index (κ3) is 1.02. The minimum absolute atomic E-state index is 0.0355. The number of amides is 1. The van der Waals surface area contributed by atoms with E-state index in [0.717, 1.165) is 0 Å². The van der Waals surface area contributed by atoms with Gasteiger partial charge in [-0.15, -0.1) is 0 Å². The number of nitrogens with one attached hydrogen (secondary N) is 1.